The minimum Gasteiger partial charge on any atom is -0.496 e. The molecule has 10 heteroatoms. The molecule has 0 aliphatic rings. The first-order valence-corrected chi connectivity index (χ1v) is 12.0. The van der Waals surface area contributed by atoms with Crippen molar-refractivity contribution in [1.29, 1.82) is 0 Å². The van der Waals surface area contributed by atoms with Gasteiger partial charge in [-0.1, -0.05) is 31.2 Å². The molecule has 5 nitrogen and oxygen atoms in total. The molecule has 3 aromatic carbocycles. The molecule has 0 heterocycles. The smallest absolute Gasteiger partial charge is 0.147 e. The topological polar surface area (TPSA) is 57.2 Å². The largest absolute Gasteiger partial charge is 0.496 e. The maximum Gasteiger partial charge on any atom is 0.147 e. The summed E-state index contributed by atoms with van der Waals surface area (Å²) in [5.74, 6) is 1.81. The average Bonchev–Trinajstić information content (AvgIpc) is 2.81. The van der Waals surface area contributed by atoms with Crippen LogP contribution in [-0.4, -0.2) is 33.5 Å². The number of hydrogen-bond acceptors (Lipinski definition) is 5. The Hall–Kier alpha value is -1.52. The average molecular weight is 688 g/mol. The van der Waals surface area contributed by atoms with E-state index in [4.69, 9.17) is 30.5 Å². The van der Waals surface area contributed by atoms with Crippen LogP contribution in [0.25, 0.3) is 0 Å². The van der Waals surface area contributed by atoms with Gasteiger partial charge in [0.25, 0.3) is 0 Å². The lowest BCUT2D eigenvalue weighted by molar-refractivity contribution is 0.209. The van der Waals surface area contributed by atoms with Crippen LogP contribution >= 0.6 is 59.4 Å². The van der Waals surface area contributed by atoms with Crippen molar-refractivity contribution in [3.05, 3.63) is 77.8 Å². The molecule has 0 aliphatic carbocycles. The first kappa shape index (κ1) is 30.5. The fraction of sp³-hybridized carbons (Fsp3) is 0.250. The molecule has 1 atom stereocenters. The quantitative estimate of drug-likeness (QED) is 0.283. The Bertz CT molecular complexity index is 1090. The van der Waals surface area contributed by atoms with Gasteiger partial charge in [0, 0.05) is 23.3 Å². The summed E-state index contributed by atoms with van der Waals surface area (Å²) >= 11 is 15.8. The van der Waals surface area contributed by atoms with Crippen molar-refractivity contribution < 1.29 is 28.4 Å². The first-order chi connectivity index (χ1) is 15.7. The zero-order valence-electron chi connectivity index (χ0n) is 18.1. The van der Waals surface area contributed by atoms with Crippen LogP contribution in [0.3, 0.4) is 0 Å². The molecule has 1 unspecified atom stereocenters. The summed E-state index contributed by atoms with van der Waals surface area (Å²) in [4.78, 5) is 0. The molecule has 0 spiro atoms. The lowest BCUT2D eigenvalue weighted by Crippen LogP contribution is -2.05. The third-order valence-electron chi connectivity index (χ3n) is 4.50. The van der Waals surface area contributed by atoms with Gasteiger partial charge in [-0.2, -0.15) is 0 Å². The number of hydrogen-bond donors (Lipinski definition) is 1. The van der Waals surface area contributed by atoms with E-state index in [-0.39, 0.29) is 18.0 Å². The van der Waals surface area contributed by atoms with Gasteiger partial charge in [-0.25, -0.2) is 4.39 Å². The van der Waals surface area contributed by atoms with Crippen LogP contribution in [0.1, 0.15) is 24.7 Å². The van der Waals surface area contributed by atoms with E-state index in [0.29, 0.717) is 21.5 Å². The van der Waals surface area contributed by atoms with E-state index in [1.165, 1.54) is 26.4 Å². The predicted octanol–water partition coefficient (Wildman–Crippen LogP) is 8.21. The molecule has 1 N–H and O–H groups in total. The third-order valence-corrected chi connectivity index (χ3v) is 6.65. The van der Waals surface area contributed by atoms with Crippen molar-refractivity contribution in [2.24, 2.45) is 0 Å². The fourth-order valence-electron chi connectivity index (χ4n) is 2.82. The number of rotatable bonds is 6. The van der Waals surface area contributed by atoms with Gasteiger partial charge in [-0.05, 0) is 66.0 Å². The van der Waals surface area contributed by atoms with Crippen molar-refractivity contribution in [2.45, 2.75) is 13.5 Å². The normalized spacial score (nSPS) is 10.9. The molecule has 0 saturated carbocycles. The standard InChI is InChI=1S/C15H13BrClFO3.C8H8Br2O2.CH4/c1-20-12-7-13(21-2)10(16)6-9(12)15(19)8-4-3-5-11(17)14(8)18;1-11-7-4-8(12-2)6(10)3-5(7)9;/h3-7,15,19H,1-2H3;3-4H,1-2H3;1H4. The Morgan fingerprint density at radius 3 is 1.65 bits per heavy atom. The summed E-state index contributed by atoms with van der Waals surface area (Å²) in [6.07, 6.45) is -1.21. The second-order valence-corrected chi connectivity index (χ2v) is 9.37. The third kappa shape index (κ3) is 7.24. The number of ether oxygens (including phenoxy) is 4. The van der Waals surface area contributed by atoms with Gasteiger partial charge >= 0.3 is 0 Å². The van der Waals surface area contributed by atoms with Crippen molar-refractivity contribution in [3.8, 4) is 23.0 Å². The summed E-state index contributed by atoms with van der Waals surface area (Å²) < 4.78 is 37.1. The number of aliphatic hydroxyl groups excluding tert-OH is 1. The Labute approximate surface area is 229 Å². The van der Waals surface area contributed by atoms with Crippen LogP contribution in [0.5, 0.6) is 23.0 Å². The van der Waals surface area contributed by atoms with E-state index >= 15 is 0 Å². The molecular weight excluding hydrogens is 662 g/mol. The zero-order valence-corrected chi connectivity index (χ0v) is 23.6. The number of benzene rings is 3. The van der Waals surface area contributed by atoms with Crippen LogP contribution in [0.15, 0.2) is 55.9 Å². The van der Waals surface area contributed by atoms with Crippen molar-refractivity contribution >= 4 is 59.4 Å². The highest BCUT2D eigenvalue weighted by atomic mass is 79.9. The van der Waals surface area contributed by atoms with Crippen LogP contribution in [0.4, 0.5) is 4.39 Å². The van der Waals surface area contributed by atoms with E-state index in [1.807, 2.05) is 12.1 Å². The summed E-state index contributed by atoms with van der Waals surface area (Å²) in [7, 11) is 6.22. The highest BCUT2D eigenvalue weighted by Gasteiger charge is 2.22. The van der Waals surface area contributed by atoms with E-state index in [1.54, 1.807) is 32.4 Å². The van der Waals surface area contributed by atoms with E-state index < -0.39 is 11.9 Å². The predicted molar refractivity (Wildman–Crippen MR) is 144 cm³/mol. The van der Waals surface area contributed by atoms with Gasteiger partial charge in [0.2, 0.25) is 0 Å². The van der Waals surface area contributed by atoms with Crippen molar-refractivity contribution in [1.82, 2.24) is 0 Å². The second-order valence-electron chi connectivity index (χ2n) is 6.40. The molecule has 3 aromatic rings. The van der Waals surface area contributed by atoms with Crippen LogP contribution < -0.4 is 18.9 Å². The fourth-order valence-corrected chi connectivity index (χ4v) is 4.84. The number of halogens is 5. The van der Waals surface area contributed by atoms with Crippen LogP contribution in [0.2, 0.25) is 5.02 Å². The highest BCUT2D eigenvalue weighted by Crippen LogP contribution is 2.39. The van der Waals surface area contributed by atoms with Gasteiger partial charge in [0.15, 0.2) is 0 Å². The molecule has 3 rings (SSSR count). The highest BCUT2D eigenvalue weighted by molar-refractivity contribution is 9.11. The van der Waals surface area contributed by atoms with Gasteiger partial charge in [-0.15, -0.1) is 0 Å². The zero-order chi connectivity index (χ0) is 24.7. The van der Waals surface area contributed by atoms with Crippen molar-refractivity contribution in [3.63, 3.8) is 0 Å². The molecule has 0 radical (unpaired) electrons. The summed E-state index contributed by atoms with van der Waals surface area (Å²) in [6, 6.07) is 11.4. The minimum absolute atomic E-state index is 0. The number of methoxy groups -OCH3 is 4. The molecule has 0 saturated heterocycles. The minimum atomic E-state index is -1.21. The number of aliphatic hydroxyl groups is 1. The summed E-state index contributed by atoms with van der Waals surface area (Å²) in [5.41, 5.74) is 0.490. The second kappa shape index (κ2) is 14.1. The molecule has 0 bridgehead atoms. The molecule has 186 valence electrons. The molecule has 0 amide bonds. The summed E-state index contributed by atoms with van der Waals surface area (Å²) in [5, 5.41) is 10.4. The SMILES string of the molecule is C.COc1cc(OC)c(Br)cc1Br.COc1cc(OC)c(C(O)c2cccc(Cl)c2F)cc1Br. The molecule has 0 aliphatic heterocycles. The van der Waals surface area contributed by atoms with Gasteiger partial charge in [-0.3, -0.25) is 0 Å². The first-order valence-electron chi connectivity index (χ1n) is 9.28. The van der Waals surface area contributed by atoms with Crippen LogP contribution in [0, 0.1) is 5.82 Å². The Morgan fingerprint density at radius 1 is 0.735 bits per heavy atom. The van der Waals surface area contributed by atoms with Gasteiger partial charge in [0.05, 0.1) is 46.9 Å². The van der Waals surface area contributed by atoms with Crippen LogP contribution in [-0.2, 0) is 0 Å². The Morgan fingerprint density at radius 2 is 1.18 bits per heavy atom. The van der Waals surface area contributed by atoms with Gasteiger partial charge in [0.1, 0.15) is 34.9 Å². The van der Waals surface area contributed by atoms with Gasteiger partial charge < -0.3 is 24.1 Å². The van der Waals surface area contributed by atoms with E-state index in [0.717, 1.165) is 20.4 Å². The molecule has 34 heavy (non-hydrogen) atoms. The molecular formula is C24H25Br3ClFO5. The summed E-state index contributed by atoms with van der Waals surface area (Å²) in [6.45, 7) is 0. The van der Waals surface area contributed by atoms with E-state index in [2.05, 4.69) is 47.8 Å². The van der Waals surface area contributed by atoms with E-state index in [9.17, 15) is 9.50 Å². The van der Waals surface area contributed by atoms with Crippen molar-refractivity contribution in [2.75, 3.05) is 28.4 Å². The Kier molecular flexibility index (Phi) is 12.7. The molecule has 0 aromatic heterocycles. The molecule has 0 fully saturated rings. The lowest BCUT2D eigenvalue weighted by Gasteiger charge is -2.18. The monoisotopic (exact) mass is 684 g/mol. The lowest BCUT2D eigenvalue weighted by atomic mass is 10.00. The Balaban J connectivity index is 0.000000380. The maximum absolute atomic E-state index is 14.1. The maximum atomic E-state index is 14.1.